The van der Waals surface area contributed by atoms with Crippen molar-refractivity contribution in [1.29, 1.82) is 0 Å². The zero-order valence-corrected chi connectivity index (χ0v) is 13.2. The highest BCUT2D eigenvalue weighted by Crippen LogP contribution is 2.25. The van der Waals surface area contributed by atoms with E-state index in [0.29, 0.717) is 5.25 Å². The van der Waals surface area contributed by atoms with Crippen LogP contribution < -0.4 is 5.32 Å². The minimum atomic E-state index is 0.699. The van der Waals surface area contributed by atoms with E-state index < -0.39 is 0 Å². The normalized spacial score (nSPS) is 19.7. The first kappa shape index (κ1) is 15.8. The fourth-order valence-corrected chi connectivity index (χ4v) is 3.51. The van der Waals surface area contributed by atoms with Crippen LogP contribution >= 0.6 is 11.8 Å². The molecule has 1 aliphatic heterocycles. The van der Waals surface area contributed by atoms with Gasteiger partial charge in [0.15, 0.2) is 5.17 Å². The number of hydrogen-bond donors (Lipinski definition) is 1. The van der Waals surface area contributed by atoms with Gasteiger partial charge in [0.1, 0.15) is 0 Å². The smallest absolute Gasteiger partial charge is 0.156 e. The molecule has 1 unspecified atom stereocenters. The monoisotopic (exact) mass is 271 g/mol. The third-order valence-corrected chi connectivity index (χ3v) is 4.31. The molecule has 106 valence electrons. The maximum Gasteiger partial charge on any atom is 0.156 e. The van der Waals surface area contributed by atoms with E-state index in [1.807, 2.05) is 11.8 Å². The first-order valence-corrected chi connectivity index (χ1v) is 8.21. The number of rotatable bonds is 8. The maximum absolute atomic E-state index is 4.59. The van der Waals surface area contributed by atoms with Gasteiger partial charge in [0.25, 0.3) is 0 Å². The van der Waals surface area contributed by atoms with Gasteiger partial charge in [-0.15, -0.1) is 0 Å². The van der Waals surface area contributed by atoms with E-state index in [9.17, 15) is 0 Å². The topological polar surface area (TPSA) is 27.6 Å². The van der Waals surface area contributed by atoms with Crippen LogP contribution in [0.2, 0.25) is 0 Å². The van der Waals surface area contributed by atoms with Gasteiger partial charge in [0, 0.05) is 18.3 Å². The number of aliphatic imine (C=N–C) groups is 1. The number of nitrogens with one attached hydrogen (secondary N) is 1. The summed E-state index contributed by atoms with van der Waals surface area (Å²) in [6.45, 7) is 14.5. The molecule has 18 heavy (non-hydrogen) atoms. The van der Waals surface area contributed by atoms with Crippen LogP contribution in [0.15, 0.2) is 4.99 Å². The van der Waals surface area contributed by atoms with Crippen LogP contribution in [-0.2, 0) is 0 Å². The third kappa shape index (κ3) is 6.10. The van der Waals surface area contributed by atoms with Crippen LogP contribution in [0.25, 0.3) is 0 Å². The Morgan fingerprint density at radius 1 is 1.39 bits per heavy atom. The Bertz CT molecular complexity index is 253. The maximum atomic E-state index is 4.59. The van der Waals surface area contributed by atoms with E-state index in [-0.39, 0.29) is 0 Å². The van der Waals surface area contributed by atoms with Crippen LogP contribution in [-0.4, -0.2) is 48.0 Å². The van der Waals surface area contributed by atoms with Gasteiger partial charge in [0.05, 0.1) is 6.54 Å². The second kappa shape index (κ2) is 8.81. The molecular weight excluding hydrogens is 242 g/mol. The van der Waals surface area contributed by atoms with Crippen molar-refractivity contribution in [3.63, 3.8) is 0 Å². The Balaban J connectivity index is 2.13. The lowest BCUT2D eigenvalue weighted by Gasteiger charge is -2.19. The van der Waals surface area contributed by atoms with Crippen LogP contribution in [0.1, 0.15) is 40.5 Å². The third-order valence-electron chi connectivity index (χ3n) is 3.14. The Morgan fingerprint density at radius 3 is 2.78 bits per heavy atom. The Kier molecular flexibility index (Phi) is 7.75. The number of thioether (sulfide) groups is 1. The fraction of sp³-hybridized carbons (Fsp3) is 0.929. The molecule has 0 spiro atoms. The standard InChI is InChI=1S/C14H29N3S/c1-5-8-17(6-2)9-7-15-14-16-11-13(18-14)10-12(3)4/h12-13H,5-11H2,1-4H3,(H,15,16). The second-order valence-electron chi connectivity index (χ2n) is 5.38. The zero-order chi connectivity index (χ0) is 13.4. The van der Waals surface area contributed by atoms with Crippen molar-refractivity contribution in [1.82, 2.24) is 10.2 Å². The van der Waals surface area contributed by atoms with E-state index >= 15 is 0 Å². The van der Waals surface area contributed by atoms with Crippen LogP contribution in [0.4, 0.5) is 0 Å². The molecule has 0 bridgehead atoms. The van der Waals surface area contributed by atoms with E-state index in [2.05, 4.69) is 42.9 Å². The predicted octanol–water partition coefficient (Wildman–Crippen LogP) is 2.83. The summed E-state index contributed by atoms with van der Waals surface area (Å²) in [6, 6.07) is 0. The van der Waals surface area contributed by atoms with Crippen LogP contribution in [0, 0.1) is 5.92 Å². The number of amidine groups is 1. The first-order valence-electron chi connectivity index (χ1n) is 7.33. The zero-order valence-electron chi connectivity index (χ0n) is 12.4. The summed E-state index contributed by atoms with van der Waals surface area (Å²) in [5.74, 6) is 0.775. The van der Waals surface area contributed by atoms with Gasteiger partial charge in [-0.3, -0.25) is 4.99 Å². The summed E-state index contributed by atoms with van der Waals surface area (Å²) in [5, 5.41) is 5.34. The molecule has 0 saturated heterocycles. The highest BCUT2D eigenvalue weighted by Gasteiger charge is 2.20. The van der Waals surface area contributed by atoms with Crippen molar-refractivity contribution in [3.8, 4) is 0 Å². The molecule has 3 nitrogen and oxygen atoms in total. The number of nitrogens with zero attached hydrogens (tertiary/aromatic N) is 2. The molecule has 0 fully saturated rings. The molecule has 1 N–H and O–H groups in total. The summed E-state index contributed by atoms with van der Waals surface area (Å²) in [7, 11) is 0. The molecule has 0 aromatic heterocycles. The Hall–Kier alpha value is -0.220. The van der Waals surface area contributed by atoms with Crippen LogP contribution in [0.5, 0.6) is 0 Å². The van der Waals surface area contributed by atoms with E-state index in [1.165, 1.54) is 19.4 Å². The van der Waals surface area contributed by atoms with Crippen molar-refractivity contribution < 1.29 is 0 Å². The van der Waals surface area contributed by atoms with Crippen molar-refractivity contribution in [3.05, 3.63) is 0 Å². The van der Waals surface area contributed by atoms with Crippen molar-refractivity contribution in [2.24, 2.45) is 10.9 Å². The summed E-state index contributed by atoms with van der Waals surface area (Å²) in [4.78, 5) is 7.07. The number of hydrogen-bond acceptors (Lipinski definition) is 4. The van der Waals surface area contributed by atoms with Gasteiger partial charge in [-0.1, -0.05) is 39.5 Å². The van der Waals surface area contributed by atoms with Gasteiger partial charge in [-0.2, -0.15) is 0 Å². The molecule has 0 saturated carbocycles. The van der Waals surface area contributed by atoms with Gasteiger partial charge < -0.3 is 10.2 Å². The molecule has 1 heterocycles. The lowest BCUT2D eigenvalue weighted by Crippen LogP contribution is -2.34. The van der Waals surface area contributed by atoms with E-state index in [0.717, 1.165) is 37.3 Å². The fourth-order valence-electron chi connectivity index (χ4n) is 2.23. The average molecular weight is 271 g/mol. The summed E-state index contributed by atoms with van der Waals surface area (Å²) in [6.07, 6.45) is 2.51. The summed E-state index contributed by atoms with van der Waals surface area (Å²) < 4.78 is 0. The average Bonchev–Trinajstić information content (AvgIpc) is 2.74. The molecule has 0 amide bonds. The molecule has 1 aliphatic rings. The van der Waals surface area contributed by atoms with Gasteiger partial charge in [-0.05, 0) is 31.8 Å². The quantitative estimate of drug-likeness (QED) is 0.735. The highest BCUT2D eigenvalue weighted by molar-refractivity contribution is 8.14. The molecule has 0 aliphatic carbocycles. The van der Waals surface area contributed by atoms with Crippen molar-refractivity contribution in [2.45, 2.75) is 45.8 Å². The van der Waals surface area contributed by atoms with Gasteiger partial charge >= 0.3 is 0 Å². The lowest BCUT2D eigenvalue weighted by atomic mass is 10.1. The number of likely N-dealkylation sites (N-methyl/N-ethyl adjacent to an activating group) is 1. The molecular formula is C14H29N3S. The molecule has 0 aromatic rings. The van der Waals surface area contributed by atoms with E-state index in [4.69, 9.17) is 0 Å². The second-order valence-corrected chi connectivity index (χ2v) is 6.67. The van der Waals surface area contributed by atoms with Gasteiger partial charge in [0.2, 0.25) is 0 Å². The van der Waals surface area contributed by atoms with E-state index in [1.54, 1.807) is 0 Å². The summed E-state index contributed by atoms with van der Waals surface area (Å²) >= 11 is 1.93. The highest BCUT2D eigenvalue weighted by atomic mass is 32.2. The van der Waals surface area contributed by atoms with Gasteiger partial charge in [-0.25, -0.2) is 0 Å². The minimum Gasteiger partial charge on any atom is -0.364 e. The summed E-state index contributed by atoms with van der Waals surface area (Å²) in [5.41, 5.74) is 0. The molecule has 1 atom stereocenters. The molecule has 1 rings (SSSR count). The molecule has 0 aromatic carbocycles. The largest absolute Gasteiger partial charge is 0.364 e. The first-order chi connectivity index (χ1) is 8.65. The van der Waals surface area contributed by atoms with Crippen molar-refractivity contribution in [2.75, 3.05) is 32.7 Å². The molecule has 0 radical (unpaired) electrons. The molecule has 4 heteroatoms. The van der Waals surface area contributed by atoms with Crippen LogP contribution in [0.3, 0.4) is 0 Å². The Morgan fingerprint density at radius 2 is 2.17 bits per heavy atom. The predicted molar refractivity (Wildman–Crippen MR) is 83.5 cm³/mol. The Labute approximate surface area is 117 Å². The van der Waals surface area contributed by atoms with Crippen molar-refractivity contribution >= 4 is 16.9 Å². The lowest BCUT2D eigenvalue weighted by molar-refractivity contribution is 0.293. The SMILES string of the molecule is CCCN(CC)CCNC1=NCC(CC(C)C)S1. The minimum absolute atomic E-state index is 0.699.